The van der Waals surface area contributed by atoms with Gasteiger partial charge < -0.3 is 9.30 Å². The minimum atomic E-state index is -0.427. The van der Waals surface area contributed by atoms with Gasteiger partial charge in [-0.3, -0.25) is 10.1 Å². The number of nitro benzene ring substituents is 1. The fourth-order valence-electron chi connectivity index (χ4n) is 2.83. The van der Waals surface area contributed by atoms with Crippen LogP contribution in [0.3, 0.4) is 0 Å². The molecule has 0 atom stereocenters. The molecule has 128 valence electrons. The third kappa shape index (κ3) is 3.08. The van der Waals surface area contributed by atoms with Gasteiger partial charge in [-0.05, 0) is 26.0 Å². The van der Waals surface area contributed by atoms with Crippen LogP contribution in [0.25, 0.3) is 11.0 Å². The van der Waals surface area contributed by atoms with Gasteiger partial charge in [-0.15, -0.1) is 0 Å². The monoisotopic (exact) mass is 339 g/mol. The van der Waals surface area contributed by atoms with Crippen LogP contribution < -0.4 is 0 Å². The van der Waals surface area contributed by atoms with Gasteiger partial charge in [0.15, 0.2) is 0 Å². The highest BCUT2D eigenvalue weighted by Gasteiger charge is 2.19. The number of imidazole rings is 1. The van der Waals surface area contributed by atoms with Gasteiger partial charge in [-0.1, -0.05) is 24.3 Å². The second-order valence-corrected chi connectivity index (χ2v) is 5.52. The molecule has 0 amide bonds. The SMILES string of the molecule is CCOC(=O)c1cccc2c1nc(C)n2Cc1ccccc1[N+](=O)[O-]. The summed E-state index contributed by atoms with van der Waals surface area (Å²) in [4.78, 5) is 27.4. The highest BCUT2D eigenvalue weighted by molar-refractivity contribution is 6.02. The number of para-hydroxylation sites is 2. The summed E-state index contributed by atoms with van der Waals surface area (Å²) in [5.74, 6) is 0.244. The molecule has 2 aromatic carbocycles. The Balaban J connectivity index is 2.10. The van der Waals surface area contributed by atoms with Gasteiger partial charge in [-0.25, -0.2) is 9.78 Å². The number of benzene rings is 2. The van der Waals surface area contributed by atoms with Crippen molar-refractivity contribution in [1.29, 1.82) is 0 Å². The summed E-state index contributed by atoms with van der Waals surface area (Å²) in [5, 5.41) is 11.2. The summed E-state index contributed by atoms with van der Waals surface area (Å²) in [5.41, 5.74) is 2.31. The second-order valence-electron chi connectivity index (χ2n) is 5.52. The van der Waals surface area contributed by atoms with Crippen LogP contribution in [-0.2, 0) is 11.3 Å². The number of hydrogen-bond acceptors (Lipinski definition) is 5. The Hall–Kier alpha value is -3.22. The number of rotatable bonds is 5. The van der Waals surface area contributed by atoms with Crippen LogP contribution in [0, 0.1) is 17.0 Å². The third-order valence-corrected chi connectivity index (χ3v) is 3.98. The molecule has 3 aromatic rings. The van der Waals surface area contributed by atoms with Crippen LogP contribution in [-0.4, -0.2) is 27.1 Å². The van der Waals surface area contributed by atoms with E-state index in [0.717, 1.165) is 5.52 Å². The van der Waals surface area contributed by atoms with E-state index in [1.807, 2.05) is 17.6 Å². The molecule has 25 heavy (non-hydrogen) atoms. The Morgan fingerprint density at radius 1 is 1.24 bits per heavy atom. The molecule has 0 radical (unpaired) electrons. The average molecular weight is 339 g/mol. The first-order valence-corrected chi connectivity index (χ1v) is 7.88. The lowest BCUT2D eigenvalue weighted by Crippen LogP contribution is -2.06. The van der Waals surface area contributed by atoms with Gasteiger partial charge in [0.25, 0.3) is 5.69 Å². The van der Waals surface area contributed by atoms with E-state index in [9.17, 15) is 14.9 Å². The van der Waals surface area contributed by atoms with Gasteiger partial charge in [-0.2, -0.15) is 0 Å². The molecule has 7 nitrogen and oxygen atoms in total. The lowest BCUT2D eigenvalue weighted by atomic mass is 10.1. The molecule has 0 bridgehead atoms. The van der Waals surface area contributed by atoms with Gasteiger partial charge in [0, 0.05) is 11.6 Å². The number of nitro groups is 1. The predicted octanol–water partition coefficient (Wildman–Crippen LogP) is 3.48. The molecule has 1 aromatic heterocycles. The van der Waals surface area contributed by atoms with Gasteiger partial charge >= 0.3 is 5.97 Å². The summed E-state index contributed by atoms with van der Waals surface area (Å²) in [6.07, 6.45) is 0. The molecule has 0 saturated carbocycles. The predicted molar refractivity (Wildman–Crippen MR) is 92.6 cm³/mol. The van der Waals surface area contributed by atoms with E-state index in [4.69, 9.17) is 4.74 Å². The summed E-state index contributed by atoms with van der Waals surface area (Å²) in [7, 11) is 0. The third-order valence-electron chi connectivity index (χ3n) is 3.98. The second kappa shape index (κ2) is 6.72. The van der Waals surface area contributed by atoms with Crippen molar-refractivity contribution in [2.45, 2.75) is 20.4 Å². The van der Waals surface area contributed by atoms with Crippen molar-refractivity contribution in [3.05, 3.63) is 69.5 Å². The first-order valence-electron chi connectivity index (χ1n) is 7.88. The van der Waals surface area contributed by atoms with Crippen LogP contribution >= 0.6 is 0 Å². The molecule has 0 N–H and O–H groups in total. The topological polar surface area (TPSA) is 87.3 Å². The van der Waals surface area contributed by atoms with E-state index in [0.29, 0.717) is 29.0 Å². The summed E-state index contributed by atoms with van der Waals surface area (Å²) in [6.45, 7) is 4.14. The number of carbonyl (C=O) groups excluding carboxylic acids is 1. The number of fused-ring (bicyclic) bond motifs is 1. The largest absolute Gasteiger partial charge is 0.462 e. The molecule has 0 saturated heterocycles. The Morgan fingerprint density at radius 3 is 2.72 bits per heavy atom. The smallest absolute Gasteiger partial charge is 0.340 e. The van der Waals surface area contributed by atoms with Crippen molar-refractivity contribution >= 4 is 22.7 Å². The minimum Gasteiger partial charge on any atom is -0.462 e. The van der Waals surface area contributed by atoms with Crippen LogP contribution in [0.4, 0.5) is 5.69 Å². The van der Waals surface area contributed by atoms with E-state index in [1.165, 1.54) is 6.07 Å². The van der Waals surface area contributed by atoms with E-state index in [2.05, 4.69) is 4.98 Å². The van der Waals surface area contributed by atoms with Crippen molar-refractivity contribution in [2.75, 3.05) is 6.61 Å². The van der Waals surface area contributed by atoms with Crippen molar-refractivity contribution in [2.24, 2.45) is 0 Å². The fourth-order valence-corrected chi connectivity index (χ4v) is 2.83. The number of aryl methyl sites for hydroxylation is 1. The molecule has 0 aliphatic rings. The molecular weight excluding hydrogens is 322 g/mol. The Kier molecular flexibility index (Phi) is 4.47. The normalized spacial score (nSPS) is 10.8. The molecule has 0 aliphatic carbocycles. The fraction of sp³-hybridized carbons (Fsp3) is 0.222. The quantitative estimate of drug-likeness (QED) is 0.403. The highest BCUT2D eigenvalue weighted by atomic mass is 16.6. The minimum absolute atomic E-state index is 0.0605. The molecule has 3 rings (SSSR count). The molecule has 0 unspecified atom stereocenters. The number of carbonyl (C=O) groups is 1. The van der Waals surface area contributed by atoms with E-state index in [1.54, 1.807) is 37.3 Å². The summed E-state index contributed by atoms with van der Waals surface area (Å²) in [6, 6.07) is 11.9. The summed E-state index contributed by atoms with van der Waals surface area (Å²) >= 11 is 0. The zero-order valence-corrected chi connectivity index (χ0v) is 13.9. The van der Waals surface area contributed by atoms with Crippen LogP contribution in [0.1, 0.15) is 28.7 Å². The van der Waals surface area contributed by atoms with Crippen molar-refractivity contribution in [1.82, 2.24) is 9.55 Å². The van der Waals surface area contributed by atoms with Crippen LogP contribution in [0.15, 0.2) is 42.5 Å². The average Bonchev–Trinajstić information content (AvgIpc) is 2.91. The Morgan fingerprint density at radius 2 is 2.00 bits per heavy atom. The maximum Gasteiger partial charge on any atom is 0.340 e. The Labute approximate surface area is 144 Å². The molecule has 0 aliphatic heterocycles. The van der Waals surface area contributed by atoms with Crippen LogP contribution in [0.5, 0.6) is 0 Å². The zero-order chi connectivity index (χ0) is 18.0. The molecule has 0 spiro atoms. The number of aromatic nitrogens is 2. The maximum atomic E-state index is 12.1. The van der Waals surface area contributed by atoms with Crippen LogP contribution in [0.2, 0.25) is 0 Å². The molecule has 7 heteroatoms. The molecule has 1 heterocycles. The lowest BCUT2D eigenvalue weighted by Gasteiger charge is -2.08. The number of hydrogen-bond donors (Lipinski definition) is 0. The van der Waals surface area contributed by atoms with E-state index < -0.39 is 10.9 Å². The standard InChI is InChI=1S/C18H17N3O4/c1-3-25-18(22)14-8-6-10-16-17(14)19-12(2)20(16)11-13-7-4-5-9-15(13)21(23)24/h4-10H,3,11H2,1-2H3. The Bertz CT molecular complexity index is 962. The van der Waals surface area contributed by atoms with Crippen molar-refractivity contribution in [3.63, 3.8) is 0 Å². The maximum absolute atomic E-state index is 12.1. The van der Waals surface area contributed by atoms with E-state index >= 15 is 0 Å². The van der Waals surface area contributed by atoms with E-state index in [-0.39, 0.29) is 12.3 Å². The summed E-state index contributed by atoms with van der Waals surface area (Å²) < 4.78 is 6.94. The lowest BCUT2D eigenvalue weighted by molar-refractivity contribution is -0.385. The first-order chi connectivity index (χ1) is 12.0. The molecule has 0 fully saturated rings. The first kappa shape index (κ1) is 16.6. The van der Waals surface area contributed by atoms with Gasteiger partial charge in [0.05, 0.1) is 29.2 Å². The van der Waals surface area contributed by atoms with Crippen molar-refractivity contribution < 1.29 is 14.5 Å². The zero-order valence-electron chi connectivity index (χ0n) is 13.9. The molecular formula is C18H17N3O4. The highest BCUT2D eigenvalue weighted by Crippen LogP contribution is 2.25. The number of nitrogens with zero attached hydrogens (tertiary/aromatic N) is 3. The van der Waals surface area contributed by atoms with Gasteiger partial charge in [0.1, 0.15) is 11.3 Å². The van der Waals surface area contributed by atoms with Gasteiger partial charge in [0.2, 0.25) is 0 Å². The van der Waals surface area contributed by atoms with Crippen molar-refractivity contribution in [3.8, 4) is 0 Å². The number of esters is 1. The number of ether oxygens (including phenoxy) is 1.